The Morgan fingerprint density at radius 2 is 1.91 bits per heavy atom. The van der Waals surface area contributed by atoms with Crippen LogP contribution >= 0.6 is 0 Å². The fraction of sp³-hybridized carbons (Fsp3) is 0.560. The van der Waals surface area contributed by atoms with Crippen molar-refractivity contribution in [3.05, 3.63) is 36.0 Å². The van der Waals surface area contributed by atoms with E-state index >= 15 is 0 Å². The predicted octanol–water partition coefficient (Wildman–Crippen LogP) is 3.65. The lowest BCUT2D eigenvalue weighted by molar-refractivity contribution is 0.109. The largest absolute Gasteiger partial charge is 0.395 e. The smallest absolute Gasteiger partial charge is 0.224 e. The monoisotopic (exact) mass is 452 g/mol. The van der Waals surface area contributed by atoms with Gasteiger partial charge in [0.05, 0.1) is 24.1 Å². The molecular weight excluding hydrogens is 416 g/mol. The first-order chi connectivity index (χ1) is 16.1. The van der Waals surface area contributed by atoms with Crippen molar-refractivity contribution in [2.24, 2.45) is 0 Å². The van der Waals surface area contributed by atoms with Crippen molar-refractivity contribution < 1.29 is 10.2 Å². The molecule has 0 bridgehead atoms. The molecule has 178 valence electrons. The van der Waals surface area contributed by atoms with Crippen LogP contribution in [0.5, 0.6) is 0 Å². The zero-order valence-corrected chi connectivity index (χ0v) is 19.7. The van der Waals surface area contributed by atoms with E-state index in [0.717, 1.165) is 66.4 Å². The Morgan fingerprint density at radius 1 is 1.15 bits per heavy atom. The molecule has 1 fully saturated rings. The number of anilines is 1. The second kappa shape index (κ2) is 11.0. The van der Waals surface area contributed by atoms with Gasteiger partial charge in [-0.1, -0.05) is 37.6 Å². The second-order valence-corrected chi connectivity index (χ2v) is 9.12. The van der Waals surface area contributed by atoms with Crippen LogP contribution in [0.2, 0.25) is 0 Å². The first-order valence-electron chi connectivity index (χ1n) is 12.2. The van der Waals surface area contributed by atoms with Crippen LogP contribution in [-0.2, 0) is 6.54 Å². The topological polar surface area (TPSA) is 108 Å². The maximum absolute atomic E-state index is 9.98. The molecule has 0 unspecified atom stereocenters. The first-order valence-corrected chi connectivity index (χ1v) is 12.2. The summed E-state index contributed by atoms with van der Waals surface area (Å²) < 4.78 is 2.06. The molecule has 1 aliphatic rings. The van der Waals surface area contributed by atoms with E-state index in [9.17, 15) is 5.11 Å². The number of fused-ring (bicyclic) bond motifs is 1. The van der Waals surface area contributed by atoms with Crippen molar-refractivity contribution in [3.63, 3.8) is 0 Å². The van der Waals surface area contributed by atoms with Crippen LogP contribution < -0.4 is 10.6 Å². The lowest BCUT2D eigenvalue weighted by Crippen LogP contribution is -2.22. The van der Waals surface area contributed by atoms with Crippen LogP contribution in [0.3, 0.4) is 0 Å². The minimum Gasteiger partial charge on any atom is -0.395 e. The highest BCUT2D eigenvalue weighted by Crippen LogP contribution is 2.34. The summed E-state index contributed by atoms with van der Waals surface area (Å²) in [5.74, 6) is 0.636. The van der Waals surface area contributed by atoms with Gasteiger partial charge in [0, 0.05) is 30.9 Å². The number of hydrogen-bond donors (Lipinski definition) is 4. The van der Waals surface area contributed by atoms with Gasteiger partial charge in [-0.15, -0.1) is 0 Å². The molecule has 33 heavy (non-hydrogen) atoms. The highest BCUT2D eigenvalue weighted by molar-refractivity contribution is 5.91. The van der Waals surface area contributed by atoms with Crippen molar-refractivity contribution in [3.8, 4) is 11.3 Å². The lowest BCUT2D eigenvalue weighted by atomic mass is 9.93. The molecule has 8 nitrogen and oxygen atoms in total. The van der Waals surface area contributed by atoms with E-state index in [1.54, 1.807) is 0 Å². The number of nitrogens with zero attached hydrogens (tertiary/aromatic N) is 4. The highest BCUT2D eigenvalue weighted by Gasteiger charge is 2.25. The van der Waals surface area contributed by atoms with Gasteiger partial charge in [0.25, 0.3) is 0 Å². The van der Waals surface area contributed by atoms with Crippen LogP contribution in [-0.4, -0.2) is 55.3 Å². The molecule has 0 amide bonds. The predicted molar refractivity (Wildman–Crippen MR) is 131 cm³/mol. The van der Waals surface area contributed by atoms with Crippen molar-refractivity contribution in [1.82, 2.24) is 25.1 Å². The molecule has 1 aliphatic carbocycles. The van der Waals surface area contributed by atoms with Crippen LogP contribution in [0.4, 0.5) is 5.95 Å². The molecule has 4 N–H and O–H groups in total. The Balaban J connectivity index is 1.67. The maximum Gasteiger partial charge on any atom is 0.224 e. The van der Waals surface area contributed by atoms with E-state index in [-0.39, 0.29) is 18.8 Å². The molecule has 4 rings (SSSR count). The van der Waals surface area contributed by atoms with Gasteiger partial charge in [-0.05, 0) is 44.6 Å². The summed E-state index contributed by atoms with van der Waals surface area (Å²) >= 11 is 0. The number of aliphatic hydroxyl groups excluding tert-OH is 2. The summed E-state index contributed by atoms with van der Waals surface area (Å²) in [5, 5.41) is 31.5. The van der Waals surface area contributed by atoms with Crippen LogP contribution in [0.15, 0.2) is 30.5 Å². The number of aromatic nitrogens is 4. The van der Waals surface area contributed by atoms with E-state index in [4.69, 9.17) is 15.2 Å². The zero-order chi connectivity index (χ0) is 23.2. The average Bonchev–Trinajstić information content (AvgIpc) is 3.19. The normalized spacial score (nSPS) is 19.6. The van der Waals surface area contributed by atoms with E-state index in [2.05, 4.69) is 58.4 Å². The summed E-state index contributed by atoms with van der Waals surface area (Å²) in [6.45, 7) is 5.76. The first kappa shape index (κ1) is 23.6. The quantitative estimate of drug-likeness (QED) is 0.348. The van der Waals surface area contributed by atoms with E-state index in [1.165, 1.54) is 0 Å². The van der Waals surface area contributed by atoms with Crippen LogP contribution in [0.25, 0.3) is 22.3 Å². The van der Waals surface area contributed by atoms with Crippen molar-refractivity contribution in [2.75, 3.05) is 18.5 Å². The van der Waals surface area contributed by atoms with Crippen LogP contribution in [0, 0.1) is 0 Å². The van der Waals surface area contributed by atoms with Gasteiger partial charge in [-0.25, -0.2) is 9.67 Å². The fourth-order valence-corrected chi connectivity index (χ4v) is 4.58. The third-order valence-electron chi connectivity index (χ3n) is 6.40. The van der Waals surface area contributed by atoms with Crippen molar-refractivity contribution in [2.45, 2.75) is 77.1 Å². The van der Waals surface area contributed by atoms with Crippen LogP contribution in [0.1, 0.15) is 64.0 Å². The van der Waals surface area contributed by atoms with E-state index in [1.807, 2.05) is 6.20 Å². The number of rotatable bonds is 10. The summed E-state index contributed by atoms with van der Waals surface area (Å²) in [6, 6.07) is 8.88. The fourth-order valence-electron chi connectivity index (χ4n) is 4.58. The Labute approximate surface area is 195 Å². The van der Waals surface area contributed by atoms with E-state index < -0.39 is 0 Å². The summed E-state index contributed by atoms with van der Waals surface area (Å²) in [5.41, 5.74) is 3.93. The zero-order valence-electron chi connectivity index (χ0n) is 19.7. The van der Waals surface area contributed by atoms with Gasteiger partial charge >= 0.3 is 0 Å². The Bertz CT molecular complexity index is 1030. The molecule has 0 radical (unpaired) electrons. The molecule has 0 aliphatic heterocycles. The minimum atomic E-state index is -0.212. The second-order valence-electron chi connectivity index (χ2n) is 9.12. The summed E-state index contributed by atoms with van der Waals surface area (Å²) in [7, 11) is 0. The van der Waals surface area contributed by atoms with Gasteiger partial charge in [0.15, 0.2) is 5.65 Å². The van der Waals surface area contributed by atoms with Crippen molar-refractivity contribution in [1.29, 1.82) is 0 Å². The number of benzene rings is 1. The van der Waals surface area contributed by atoms with Gasteiger partial charge < -0.3 is 20.8 Å². The molecule has 1 saturated carbocycles. The number of aliphatic hydroxyl groups is 2. The van der Waals surface area contributed by atoms with Gasteiger partial charge in [-0.3, -0.25) is 0 Å². The molecule has 1 aromatic carbocycles. The highest BCUT2D eigenvalue weighted by atomic mass is 16.3. The molecule has 2 heterocycles. The minimum absolute atomic E-state index is 0.133. The Morgan fingerprint density at radius 3 is 2.61 bits per heavy atom. The Hall–Kier alpha value is -2.55. The van der Waals surface area contributed by atoms with Gasteiger partial charge in [0.1, 0.15) is 5.69 Å². The molecule has 3 aromatic rings. The Kier molecular flexibility index (Phi) is 7.90. The maximum atomic E-state index is 9.98. The molecule has 0 saturated heterocycles. The third kappa shape index (κ3) is 5.69. The molecule has 2 aromatic heterocycles. The van der Waals surface area contributed by atoms with E-state index in [0.29, 0.717) is 25.1 Å². The molecule has 1 atom stereocenters. The molecule has 0 spiro atoms. The standard InChI is InChI=1S/C25H36N6O2/c1-3-4-17(2)28-25-27-16-22-23(19-7-5-18(6-8-19)15-26-13-14-32)30-31(24(22)29-25)20-9-11-21(33)12-10-20/h5-8,16-17,20-21,26,32-33H,3-4,9-15H2,1-2H3,(H,27,28,29)/t17-,20?,21?/m1/s1. The average molecular weight is 453 g/mol. The summed E-state index contributed by atoms with van der Waals surface area (Å²) in [4.78, 5) is 9.49. The third-order valence-corrected chi connectivity index (χ3v) is 6.40. The number of nitrogens with one attached hydrogen (secondary N) is 2. The molecular formula is C25H36N6O2. The SMILES string of the molecule is CCC[C@@H](C)Nc1ncc2c(-c3ccc(CNCCO)cc3)nn(C3CCC(O)CC3)c2n1. The summed E-state index contributed by atoms with van der Waals surface area (Å²) in [6.07, 6.45) is 7.21. The lowest BCUT2D eigenvalue weighted by Gasteiger charge is -2.25. The van der Waals surface area contributed by atoms with Gasteiger partial charge in [-0.2, -0.15) is 10.1 Å². The number of hydrogen-bond acceptors (Lipinski definition) is 7. The molecule has 8 heteroatoms. The van der Waals surface area contributed by atoms with Crippen molar-refractivity contribution >= 4 is 17.0 Å². The van der Waals surface area contributed by atoms with Gasteiger partial charge in [0.2, 0.25) is 5.95 Å².